The van der Waals surface area contributed by atoms with Crippen molar-refractivity contribution in [3.63, 3.8) is 0 Å². The second kappa shape index (κ2) is 7.23. The van der Waals surface area contributed by atoms with Crippen molar-refractivity contribution >= 4 is 22.6 Å². The van der Waals surface area contributed by atoms with Crippen LogP contribution in [0.25, 0.3) is 22.2 Å². The van der Waals surface area contributed by atoms with Crippen molar-refractivity contribution in [1.82, 2.24) is 19.9 Å². The lowest BCUT2D eigenvalue weighted by atomic mass is 10.0. The Morgan fingerprint density at radius 1 is 1.41 bits per heavy atom. The SMILES string of the molecule is C=CC(=O)N1CCCC(N(C)c2cnc3[nH]cc(-c4ccncc4)c3c2)C1. The molecule has 4 rings (SSSR count). The second-order valence-electron chi connectivity index (χ2n) is 6.92. The van der Waals surface area contributed by atoms with Gasteiger partial charge in [-0.1, -0.05) is 6.58 Å². The van der Waals surface area contributed by atoms with Crippen LogP contribution in [0.2, 0.25) is 0 Å². The topological polar surface area (TPSA) is 65.1 Å². The average Bonchev–Trinajstić information content (AvgIpc) is 3.16. The predicted molar refractivity (Wildman–Crippen MR) is 108 cm³/mol. The summed E-state index contributed by atoms with van der Waals surface area (Å²) < 4.78 is 0. The number of nitrogens with zero attached hydrogens (tertiary/aromatic N) is 4. The minimum absolute atomic E-state index is 0.00675. The molecule has 0 saturated carbocycles. The largest absolute Gasteiger partial charge is 0.369 e. The molecule has 138 valence electrons. The van der Waals surface area contributed by atoms with Gasteiger partial charge in [-0.3, -0.25) is 9.78 Å². The van der Waals surface area contributed by atoms with Gasteiger partial charge in [-0.2, -0.15) is 0 Å². The summed E-state index contributed by atoms with van der Waals surface area (Å²) in [5, 5.41) is 1.08. The highest BCUT2D eigenvalue weighted by Crippen LogP contribution is 2.31. The maximum Gasteiger partial charge on any atom is 0.246 e. The van der Waals surface area contributed by atoms with Crippen LogP contribution in [-0.4, -0.2) is 51.9 Å². The first-order valence-electron chi connectivity index (χ1n) is 9.19. The van der Waals surface area contributed by atoms with E-state index < -0.39 is 0 Å². The number of aromatic nitrogens is 3. The van der Waals surface area contributed by atoms with E-state index in [1.54, 1.807) is 12.4 Å². The molecule has 1 atom stereocenters. The van der Waals surface area contributed by atoms with Crippen molar-refractivity contribution in [2.75, 3.05) is 25.0 Å². The summed E-state index contributed by atoms with van der Waals surface area (Å²) in [6.07, 6.45) is 10.9. The van der Waals surface area contributed by atoms with E-state index >= 15 is 0 Å². The predicted octanol–water partition coefficient (Wildman–Crippen LogP) is 3.24. The first-order chi connectivity index (χ1) is 13.2. The number of fused-ring (bicyclic) bond motifs is 1. The number of piperidine rings is 1. The van der Waals surface area contributed by atoms with Crippen LogP contribution >= 0.6 is 0 Å². The lowest BCUT2D eigenvalue weighted by Crippen LogP contribution is -2.48. The van der Waals surface area contributed by atoms with Crippen molar-refractivity contribution in [2.45, 2.75) is 18.9 Å². The monoisotopic (exact) mass is 361 g/mol. The van der Waals surface area contributed by atoms with E-state index in [-0.39, 0.29) is 11.9 Å². The molecule has 0 aromatic carbocycles. The zero-order chi connectivity index (χ0) is 18.8. The van der Waals surface area contributed by atoms with E-state index in [1.807, 2.05) is 29.4 Å². The number of nitrogens with one attached hydrogen (secondary N) is 1. The van der Waals surface area contributed by atoms with Crippen LogP contribution < -0.4 is 4.90 Å². The lowest BCUT2D eigenvalue weighted by molar-refractivity contribution is -0.127. The number of likely N-dealkylation sites (N-methyl/N-ethyl adjacent to an activating group) is 1. The molecule has 3 aromatic rings. The van der Waals surface area contributed by atoms with Gasteiger partial charge in [-0.05, 0) is 42.7 Å². The Kier molecular flexibility index (Phi) is 4.62. The van der Waals surface area contributed by atoms with E-state index in [4.69, 9.17) is 0 Å². The van der Waals surface area contributed by atoms with Gasteiger partial charge in [-0.25, -0.2) is 4.98 Å². The smallest absolute Gasteiger partial charge is 0.246 e. The Hall–Kier alpha value is -3.15. The molecule has 27 heavy (non-hydrogen) atoms. The number of carbonyl (C=O) groups excluding carboxylic acids is 1. The number of aromatic amines is 1. The Balaban J connectivity index is 1.63. The van der Waals surface area contributed by atoms with Crippen LogP contribution in [0, 0.1) is 0 Å². The van der Waals surface area contributed by atoms with E-state index in [0.29, 0.717) is 6.54 Å². The van der Waals surface area contributed by atoms with E-state index in [0.717, 1.165) is 47.2 Å². The van der Waals surface area contributed by atoms with Crippen LogP contribution in [0.5, 0.6) is 0 Å². The molecule has 6 nitrogen and oxygen atoms in total. The number of rotatable bonds is 4. The van der Waals surface area contributed by atoms with Gasteiger partial charge in [0.25, 0.3) is 0 Å². The fourth-order valence-electron chi connectivity index (χ4n) is 3.77. The number of hydrogen-bond donors (Lipinski definition) is 1. The summed E-state index contributed by atoms with van der Waals surface area (Å²) in [4.78, 5) is 28.0. The van der Waals surface area contributed by atoms with Gasteiger partial charge in [0.1, 0.15) is 5.65 Å². The molecule has 1 amide bonds. The molecule has 0 bridgehead atoms. The molecule has 1 saturated heterocycles. The number of pyridine rings is 2. The maximum atomic E-state index is 12.0. The third kappa shape index (κ3) is 3.30. The third-order valence-corrected chi connectivity index (χ3v) is 5.35. The van der Waals surface area contributed by atoms with E-state index in [9.17, 15) is 4.79 Å². The summed E-state index contributed by atoms with van der Waals surface area (Å²) in [5.41, 5.74) is 4.14. The number of hydrogen-bond acceptors (Lipinski definition) is 4. The molecular weight excluding hydrogens is 338 g/mol. The van der Waals surface area contributed by atoms with Crippen molar-refractivity contribution < 1.29 is 4.79 Å². The van der Waals surface area contributed by atoms with E-state index in [1.165, 1.54) is 6.08 Å². The fourth-order valence-corrected chi connectivity index (χ4v) is 3.77. The zero-order valence-electron chi connectivity index (χ0n) is 15.4. The molecule has 0 spiro atoms. The molecule has 4 heterocycles. The Labute approximate surface area is 158 Å². The minimum atomic E-state index is 0.00675. The molecule has 1 unspecified atom stereocenters. The van der Waals surface area contributed by atoms with Crippen molar-refractivity contribution in [1.29, 1.82) is 0 Å². The molecule has 0 radical (unpaired) electrons. The van der Waals surface area contributed by atoms with Crippen LogP contribution in [-0.2, 0) is 4.79 Å². The molecule has 3 aromatic heterocycles. The Morgan fingerprint density at radius 3 is 3.00 bits per heavy atom. The Bertz CT molecular complexity index is 965. The molecule has 1 fully saturated rings. The lowest BCUT2D eigenvalue weighted by Gasteiger charge is -2.38. The number of amides is 1. The van der Waals surface area contributed by atoms with E-state index in [2.05, 4.69) is 39.5 Å². The zero-order valence-corrected chi connectivity index (χ0v) is 15.4. The van der Waals surface area contributed by atoms with Gasteiger partial charge < -0.3 is 14.8 Å². The fraction of sp³-hybridized carbons (Fsp3) is 0.286. The first-order valence-corrected chi connectivity index (χ1v) is 9.19. The van der Waals surface area contributed by atoms with Gasteiger partial charge in [-0.15, -0.1) is 0 Å². The number of carbonyl (C=O) groups is 1. The number of H-pyrrole nitrogens is 1. The van der Waals surface area contributed by atoms with Crippen molar-refractivity contribution in [3.05, 3.63) is 55.6 Å². The number of anilines is 1. The molecule has 0 aliphatic carbocycles. The van der Waals surface area contributed by atoms with Crippen LogP contribution in [0.1, 0.15) is 12.8 Å². The Morgan fingerprint density at radius 2 is 2.22 bits per heavy atom. The summed E-state index contributed by atoms with van der Waals surface area (Å²) in [5.74, 6) is 0.00675. The summed E-state index contributed by atoms with van der Waals surface area (Å²) in [6, 6.07) is 6.44. The molecular formula is C21H23N5O. The summed E-state index contributed by atoms with van der Waals surface area (Å²) >= 11 is 0. The highest BCUT2D eigenvalue weighted by atomic mass is 16.2. The van der Waals surface area contributed by atoms with Crippen LogP contribution in [0.15, 0.2) is 55.6 Å². The second-order valence-corrected chi connectivity index (χ2v) is 6.92. The van der Waals surface area contributed by atoms with Gasteiger partial charge in [0, 0.05) is 55.7 Å². The van der Waals surface area contributed by atoms with Crippen LogP contribution in [0.4, 0.5) is 5.69 Å². The van der Waals surface area contributed by atoms with Gasteiger partial charge >= 0.3 is 0 Å². The maximum absolute atomic E-state index is 12.0. The standard InChI is InChI=1S/C21H23N5O/c1-3-20(27)26-10-4-5-16(14-26)25(2)17-11-18-19(13-24-21(18)23-12-17)15-6-8-22-9-7-15/h3,6-9,11-13,16H,1,4-5,10,14H2,2H3,(H,23,24). The van der Waals surface area contributed by atoms with Gasteiger partial charge in [0.15, 0.2) is 0 Å². The van der Waals surface area contributed by atoms with Crippen molar-refractivity contribution in [3.8, 4) is 11.1 Å². The quantitative estimate of drug-likeness (QED) is 0.725. The van der Waals surface area contributed by atoms with Crippen molar-refractivity contribution in [2.24, 2.45) is 0 Å². The highest BCUT2D eigenvalue weighted by Gasteiger charge is 2.25. The average molecular weight is 361 g/mol. The van der Waals surface area contributed by atoms with Gasteiger partial charge in [0.2, 0.25) is 5.91 Å². The molecule has 6 heteroatoms. The number of likely N-dealkylation sites (tertiary alicyclic amines) is 1. The summed E-state index contributed by atoms with van der Waals surface area (Å²) in [7, 11) is 2.08. The highest BCUT2D eigenvalue weighted by molar-refractivity contribution is 5.95. The van der Waals surface area contributed by atoms with Crippen LogP contribution in [0.3, 0.4) is 0 Å². The first kappa shape index (κ1) is 17.3. The minimum Gasteiger partial charge on any atom is -0.369 e. The normalized spacial score (nSPS) is 17.1. The molecule has 1 aliphatic heterocycles. The third-order valence-electron chi connectivity index (χ3n) is 5.35. The summed E-state index contributed by atoms with van der Waals surface area (Å²) in [6.45, 7) is 5.12. The molecule has 1 aliphatic rings. The molecule has 1 N–H and O–H groups in total. The van der Waals surface area contributed by atoms with Gasteiger partial charge in [0.05, 0.1) is 11.9 Å².